The van der Waals surface area contributed by atoms with E-state index in [0.717, 1.165) is 17.1 Å². The minimum Gasteiger partial charge on any atom is -0.486 e. The standard InChI is InChI=1S/C13H14ClN3O/c1-9-6-11(7-15)17-13(16-9)8-18-12-4-2-10(14)3-5-12/h2-6H,7-8,15H2,1H3. The topological polar surface area (TPSA) is 61.0 Å². The molecule has 0 unspecified atom stereocenters. The van der Waals surface area contributed by atoms with Crippen LogP contribution in [0.2, 0.25) is 5.02 Å². The second-order valence-corrected chi connectivity index (χ2v) is 4.30. The molecule has 0 radical (unpaired) electrons. The van der Waals surface area contributed by atoms with Gasteiger partial charge in [0.05, 0.1) is 5.69 Å². The fourth-order valence-electron chi connectivity index (χ4n) is 1.55. The van der Waals surface area contributed by atoms with Crippen molar-refractivity contribution in [2.24, 2.45) is 5.73 Å². The number of benzene rings is 1. The van der Waals surface area contributed by atoms with Crippen molar-refractivity contribution in [1.29, 1.82) is 0 Å². The van der Waals surface area contributed by atoms with Crippen LogP contribution in [0.4, 0.5) is 0 Å². The van der Waals surface area contributed by atoms with Crippen LogP contribution in [-0.2, 0) is 13.2 Å². The van der Waals surface area contributed by atoms with Crippen LogP contribution in [0.5, 0.6) is 5.75 Å². The molecule has 1 aromatic carbocycles. The quantitative estimate of drug-likeness (QED) is 0.921. The molecular weight excluding hydrogens is 250 g/mol. The highest BCUT2D eigenvalue weighted by Crippen LogP contribution is 2.16. The van der Waals surface area contributed by atoms with Crippen LogP contribution >= 0.6 is 11.6 Å². The average molecular weight is 264 g/mol. The summed E-state index contributed by atoms with van der Waals surface area (Å²) in [6, 6.07) is 9.04. The number of rotatable bonds is 4. The van der Waals surface area contributed by atoms with Crippen molar-refractivity contribution < 1.29 is 4.74 Å². The highest BCUT2D eigenvalue weighted by atomic mass is 35.5. The molecule has 2 aromatic rings. The molecule has 4 nitrogen and oxygen atoms in total. The number of nitrogens with zero attached hydrogens (tertiary/aromatic N) is 2. The van der Waals surface area contributed by atoms with Crippen molar-refractivity contribution in [2.45, 2.75) is 20.1 Å². The molecule has 0 aliphatic rings. The first kappa shape index (κ1) is 12.8. The summed E-state index contributed by atoms with van der Waals surface area (Å²) in [6.45, 7) is 2.63. The lowest BCUT2D eigenvalue weighted by Crippen LogP contribution is -2.08. The van der Waals surface area contributed by atoms with Crippen LogP contribution in [-0.4, -0.2) is 9.97 Å². The Kier molecular flexibility index (Phi) is 4.12. The molecule has 1 aromatic heterocycles. The molecule has 2 rings (SSSR count). The Morgan fingerprint density at radius 2 is 1.94 bits per heavy atom. The van der Waals surface area contributed by atoms with Crippen molar-refractivity contribution >= 4 is 11.6 Å². The maximum absolute atomic E-state index is 5.80. The fraction of sp³-hybridized carbons (Fsp3) is 0.231. The third-order valence-electron chi connectivity index (χ3n) is 2.34. The maximum atomic E-state index is 5.80. The van der Waals surface area contributed by atoms with Gasteiger partial charge in [-0.2, -0.15) is 0 Å². The normalized spacial score (nSPS) is 10.4. The predicted molar refractivity (Wildman–Crippen MR) is 70.4 cm³/mol. The highest BCUT2D eigenvalue weighted by molar-refractivity contribution is 6.30. The number of hydrogen-bond donors (Lipinski definition) is 1. The van der Waals surface area contributed by atoms with Crippen LogP contribution in [0, 0.1) is 6.92 Å². The van der Waals surface area contributed by atoms with E-state index < -0.39 is 0 Å². The van der Waals surface area contributed by atoms with Gasteiger partial charge in [0, 0.05) is 17.3 Å². The third-order valence-corrected chi connectivity index (χ3v) is 2.60. The smallest absolute Gasteiger partial charge is 0.166 e. The highest BCUT2D eigenvalue weighted by Gasteiger charge is 2.02. The van der Waals surface area contributed by atoms with Gasteiger partial charge in [-0.15, -0.1) is 0 Å². The molecule has 0 aliphatic carbocycles. The van der Waals surface area contributed by atoms with Gasteiger partial charge >= 0.3 is 0 Å². The predicted octanol–water partition coefficient (Wildman–Crippen LogP) is 2.48. The molecule has 18 heavy (non-hydrogen) atoms. The van der Waals surface area contributed by atoms with E-state index in [0.29, 0.717) is 24.0 Å². The van der Waals surface area contributed by atoms with Gasteiger partial charge in [0.25, 0.3) is 0 Å². The van der Waals surface area contributed by atoms with E-state index in [9.17, 15) is 0 Å². The van der Waals surface area contributed by atoms with Gasteiger partial charge in [-0.05, 0) is 37.3 Å². The van der Waals surface area contributed by atoms with Crippen LogP contribution in [0.15, 0.2) is 30.3 Å². The van der Waals surface area contributed by atoms with Gasteiger partial charge in [-0.25, -0.2) is 9.97 Å². The molecule has 5 heteroatoms. The molecule has 0 saturated heterocycles. The molecule has 1 heterocycles. The number of hydrogen-bond acceptors (Lipinski definition) is 4. The van der Waals surface area contributed by atoms with E-state index in [2.05, 4.69) is 9.97 Å². The summed E-state index contributed by atoms with van der Waals surface area (Å²) in [5, 5.41) is 0.680. The SMILES string of the molecule is Cc1cc(CN)nc(COc2ccc(Cl)cc2)n1. The second-order valence-electron chi connectivity index (χ2n) is 3.86. The maximum Gasteiger partial charge on any atom is 0.166 e. The summed E-state index contributed by atoms with van der Waals surface area (Å²) < 4.78 is 5.58. The molecule has 0 fully saturated rings. The van der Waals surface area contributed by atoms with Crippen LogP contribution in [0.3, 0.4) is 0 Å². The van der Waals surface area contributed by atoms with Crippen molar-refractivity contribution in [3.8, 4) is 5.75 Å². The molecule has 94 valence electrons. The summed E-state index contributed by atoms with van der Waals surface area (Å²) in [5.41, 5.74) is 7.27. The molecule has 0 bridgehead atoms. The zero-order valence-electron chi connectivity index (χ0n) is 10.1. The van der Waals surface area contributed by atoms with E-state index in [1.165, 1.54) is 0 Å². The summed E-state index contributed by atoms with van der Waals surface area (Å²) in [6.07, 6.45) is 0. The van der Waals surface area contributed by atoms with E-state index in [4.69, 9.17) is 22.1 Å². The lowest BCUT2D eigenvalue weighted by Gasteiger charge is -2.07. The van der Waals surface area contributed by atoms with Crippen molar-refractivity contribution in [2.75, 3.05) is 0 Å². The van der Waals surface area contributed by atoms with Crippen molar-refractivity contribution in [3.05, 3.63) is 52.6 Å². The third kappa shape index (κ3) is 3.42. The zero-order valence-corrected chi connectivity index (χ0v) is 10.8. The average Bonchev–Trinajstić information content (AvgIpc) is 2.37. The van der Waals surface area contributed by atoms with Gasteiger partial charge in [0.15, 0.2) is 5.82 Å². The van der Waals surface area contributed by atoms with Crippen molar-refractivity contribution in [3.63, 3.8) is 0 Å². The lowest BCUT2D eigenvalue weighted by atomic mass is 10.3. The Morgan fingerprint density at radius 3 is 2.61 bits per heavy atom. The Morgan fingerprint density at radius 1 is 1.22 bits per heavy atom. The van der Waals surface area contributed by atoms with Crippen molar-refractivity contribution in [1.82, 2.24) is 9.97 Å². The second kappa shape index (κ2) is 5.80. The lowest BCUT2D eigenvalue weighted by molar-refractivity contribution is 0.295. The minimum atomic E-state index is 0.316. The summed E-state index contributed by atoms with van der Waals surface area (Å²) in [4.78, 5) is 8.59. The van der Waals surface area contributed by atoms with Gasteiger partial charge < -0.3 is 10.5 Å². The minimum absolute atomic E-state index is 0.316. The molecule has 2 N–H and O–H groups in total. The Hall–Kier alpha value is -1.65. The number of ether oxygens (including phenoxy) is 1. The number of aryl methyl sites for hydroxylation is 1. The number of halogens is 1. The van der Waals surface area contributed by atoms with Gasteiger partial charge in [0.2, 0.25) is 0 Å². The zero-order chi connectivity index (χ0) is 13.0. The summed E-state index contributed by atoms with van der Waals surface area (Å²) in [7, 11) is 0. The van der Waals surface area contributed by atoms with E-state index >= 15 is 0 Å². The van der Waals surface area contributed by atoms with Crippen LogP contribution < -0.4 is 10.5 Å². The summed E-state index contributed by atoms with van der Waals surface area (Å²) >= 11 is 5.80. The van der Waals surface area contributed by atoms with Gasteiger partial charge in [0.1, 0.15) is 12.4 Å². The molecule has 0 spiro atoms. The van der Waals surface area contributed by atoms with Gasteiger partial charge in [-0.1, -0.05) is 11.6 Å². The molecule has 0 amide bonds. The van der Waals surface area contributed by atoms with Crippen LogP contribution in [0.25, 0.3) is 0 Å². The van der Waals surface area contributed by atoms with E-state index in [1.807, 2.05) is 25.1 Å². The number of nitrogens with two attached hydrogens (primary N) is 1. The molecular formula is C13H14ClN3O. The van der Waals surface area contributed by atoms with Gasteiger partial charge in [-0.3, -0.25) is 0 Å². The van der Waals surface area contributed by atoms with E-state index in [1.54, 1.807) is 12.1 Å². The largest absolute Gasteiger partial charge is 0.486 e. The molecule has 0 aliphatic heterocycles. The van der Waals surface area contributed by atoms with Crippen LogP contribution in [0.1, 0.15) is 17.2 Å². The number of aromatic nitrogens is 2. The Balaban J connectivity index is 2.05. The summed E-state index contributed by atoms with van der Waals surface area (Å²) in [5.74, 6) is 1.37. The van der Waals surface area contributed by atoms with E-state index in [-0.39, 0.29) is 0 Å². The first-order valence-electron chi connectivity index (χ1n) is 5.59. The monoisotopic (exact) mass is 263 g/mol. The molecule has 0 atom stereocenters. The molecule has 0 saturated carbocycles. The first-order chi connectivity index (χ1) is 8.67. The Labute approximate surface area is 111 Å². The first-order valence-corrected chi connectivity index (χ1v) is 5.97. The fourth-order valence-corrected chi connectivity index (χ4v) is 1.67. The Bertz CT molecular complexity index is 528.